The van der Waals surface area contributed by atoms with Crippen LogP contribution in [-0.4, -0.2) is 25.2 Å². The van der Waals surface area contributed by atoms with Gasteiger partial charge in [-0.2, -0.15) is 0 Å². The van der Waals surface area contributed by atoms with Gasteiger partial charge >= 0.3 is 0 Å². The van der Waals surface area contributed by atoms with Crippen molar-refractivity contribution in [2.45, 2.75) is 32.4 Å². The highest BCUT2D eigenvalue weighted by atomic mass is 19.1. The number of benzene rings is 1. The van der Waals surface area contributed by atoms with Gasteiger partial charge in [0, 0.05) is 6.54 Å². The summed E-state index contributed by atoms with van der Waals surface area (Å²) in [6.45, 7) is 3.06. The van der Waals surface area contributed by atoms with Gasteiger partial charge in [0.05, 0.1) is 6.04 Å². The quantitative estimate of drug-likeness (QED) is 0.328. The molecule has 1 rings (SSSR count). The Morgan fingerprint density at radius 3 is 2.47 bits per heavy atom. The molecule has 0 bridgehead atoms. The lowest BCUT2D eigenvalue weighted by molar-refractivity contribution is 0.384. The van der Waals surface area contributed by atoms with Gasteiger partial charge in [-0.05, 0) is 30.5 Å². The van der Waals surface area contributed by atoms with Gasteiger partial charge < -0.3 is 16.4 Å². The molecule has 1 aromatic rings. The Balaban J connectivity index is 2.23. The highest BCUT2D eigenvalue weighted by molar-refractivity contribution is 5.74. The van der Waals surface area contributed by atoms with Crippen LogP contribution in [0.25, 0.3) is 0 Å². The third-order valence-corrected chi connectivity index (χ3v) is 2.98. The predicted molar refractivity (Wildman–Crippen MR) is 77.0 cm³/mol. The Labute approximate surface area is 114 Å². The fourth-order valence-electron chi connectivity index (χ4n) is 1.81. The van der Waals surface area contributed by atoms with E-state index in [1.807, 2.05) is 0 Å². The van der Waals surface area contributed by atoms with Gasteiger partial charge in [0.15, 0.2) is 5.96 Å². The van der Waals surface area contributed by atoms with Crippen LogP contribution in [0.5, 0.6) is 0 Å². The minimum absolute atomic E-state index is 0.183. The van der Waals surface area contributed by atoms with Crippen LogP contribution < -0.4 is 16.4 Å². The van der Waals surface area contributed by atoms with Crippen molar-refractivity contribution in [3.63, 3.8) is 0 Å². The first-order valence-electron chi connectivity index (χ1n) is 6.60. The molecule has 1 atom stereocenters. The minimum Gasteiger partial charge on any atom is -0.370 e. The SMILES string of the molecule is CCc1ccc(CNCCC(CF)NC(=N)N)cc1. The smallest absolute Gasteiger partial charge is 0.186 e. The molecule has 0 aliphatic rings. The first-order chi connectivity index (χ1) is 9.15. The zero-order valence-corrected chi connectivity index (χ0v) is 11.4. The van der Waals surface area contributed by atoms with E-state index in [0.29, 0.717) is 13.0 Å². The zero-order valence-electron chi connectivity index (χ0n) is 11.4. The first kappa shape index (κ1) is 15.4. The van der Waals surface area contributed by atoms with Crippen molar-refractivity contribution >= 4 is 5.96 Å². The van der Waals surface area contributed by atoms with Crippen molar-refractivity contribution < 1.29 is 4.39 Å². The van der Waals surface area contributed by atoms with Crippen LogP contribution in [0.2, 0.25) is 0 Å². The fourth-order valence-corrected chi connectivity index (χ4v) is 1.81. The third kappa shape index (κ3) is 6.20. The van der Waals surface area contributed by atoms with Crippen LogP contribution in [0.3, 0.4) is 0 Å². The monoisotopic (exact) mass is 266 g/mol. The number of alkyl halides is 1. The number of guanidine groups is 1. The molecule has 106 valence electrons. The van der Waals surface area contributed by atoms with E-state index < -0.39 is 6.67 Å². The number of hydrogen-bond acceptors (Lipinski definition) is 2. The highest BCUT2D eigenvalue weighted by Gasteiger charge is 2.07. The van der Waals surface area contributed by atoms with Crippen LogP contribution in [-0.2, 0) is 13.0 Å². The van der Waals surface area contributed by atoms with E-state index >= 15 is 0 Å². The van der Waals surface area contributed by atoms with E-state index in [0.717, 1.165) is 13.0 Å². The third-order valence-electron chi connectivity index (χ3n) is 2.98. The average Bonchev–Trinajstić information content (AvgIpc) is 2.42. The maximum atomic E-state index is 12.6. The molecule has 0 saturated carbocycles. The predicted octanol–water partition coefficient (Wildman–Crippen LogP) is 1.55. The molecule has 5 N–H and O–H groups in total. The van der Waals surface area contributed by atoms with Crippen molar-refractivity contribution in [3.05, 3.63) is 35.4 Å². The van der Waals surface area contributed by atoms with Gasteiger partial charge in [0.2, 0.25) is 0 Å². The second-order valence-corrected chi connectivity index (χ2v) is 4.54. The zero-order chi connectivity index (χ0) is 14.1. The van der Waals surface area contributed by atoms with Crippen molar-refractivity contribution in [1.29, 1.82) is 5.41 Å². The van der Waals surface area contributed by atoms with Gasteiger partial charge in [0.1, 0.15) is 6.67 Å². The summed E-state index contributed by atoms with van der Waals surface area (Å²) in [5.74, 6) is -0.183. The number of aryl methyl sites for hydroxylation is 1. The first-order valence-corrected chi connectivity index (χ1v) is 6.60. The maximum Gasteiger partial charge on any atom is 0.186 e. The highest BCUT2D eigenvalue weighted by Crippen LogP contribution is 2.04. The topological polar surface area (TPSA) is 73.9 Å². The molecule has 19 heavy (non-hydrogen) atoms. The Bertz CT molecular complexity index is 378. The molecular formula is C14H23FN4. The maximum absolute atomic E-state index is 12.6. The summed E-state index contributed by atoms with van der Waals surface area (Å²) in [6, 6.07) is 8.07. The molecule has 0 radical (unpaired) electrons. The molecule has 1 unspecified atom stereocenters. The van der Waals surface area contributed by atoms with Crippen molar-refractivity contribution in [3.8, 4) is 0 Å². The lowest BCUT2D eigenvalue weighted by Gasteiger charge is -2.15. The number of rotatable bonds is 8. The number of hydrogen-bond donors (Lipinski definition) is 4. The molecule has 5 heteroatoms. The lowest BCUT2D eigenvalue weighted by atomic mass is 10.1. The normalized spacial score (nSPS) is 12.1. The largest absolute Gasteiger partial charge is 0.370 e. The van der Waals surface area contributed by atoms with Gasteiger partial charge in [-0.3, -0.25) is 5.41 Å². The molecule has 0 heterocycles. The molecule has 0 aromatic heterocycles. The van der Waals surface area contributed by atoms with Gasteiger partial charge in [0.25, 0.3) is 0 Å². The molecule has 0 spiro atoms. The van der Waals surface area contributed by atoms with Crippen LogP contribution in [0.1, 0.15) is 24.5 Å². The summed E-state index contributed by atoms with van der Waals surface area (Å²) < 4.78 is 12.6. The van der Waals surface area contributed by atoms with Crippen molar-refractivity contribution in [1.82, 2.24) is 10.6 Å². The minimum atomic E-state index is -0.521. The van der Waals surface area contributed by atoms with Gasteiger partial charge in [-0.15, -0.1) is 0 Å². The van der Waals surface area contributed by atoms with Crippen LogP contribution in [0, 0.1) is 5.41 Å². The second kappa shape index (κ2) is 8.48. The molecule has 4 nitrogen and oxygen atoms in total. The van der Waals surface area contributed by atoms with Crippen molar-refractivity contribution in [2.75, 3.05) is 13.2 Å². The molecule has 0 aliphatic heterocycles. The van der Waals surface area contributed by atoms with E-state index in [-0.39, 0.29) is 12.0 Å². The number of halogens is 1. The second-order valence-electron chi connectivity index (χ2n) is 4.54. The number of nitrogens with two attached hydrogens (primary N) is 1. The van der Waals surface area contributed by atoms with Crippen LogP contribution in [0.4, 0.5) is 4.39 Å². The lowest BCUT2D eigenvalue weighted by Crippen LogP contribution is -2.42. The molecule has 0 fully saturated rings. The summed E-state index contributed by atoms with van der Waals surface area (Å²) in [5, 5.41) is 12.9. The van der Waals surface area contributed by atoms with Crippen LogP contribution >= 0.6 is 0 Å². The molecule has 0 aliphatic carbocycles. The summed E-state index contributed by atoms with van der Waals surface area (Å²) in [4.78, 5) is 0. The van der Waals surface area contributed by atoms with Crippen LogP contribution in [0.15, 0.2) is 24.3 Å². The molecule has 0 amide bonds. The molecular weight excluding hydrogens is 243 g/mol. The standard InChI is InChI=1S/C14H23FN4/c1-2-11-3-5-12(6-4-11)10-18-8-7-13(9-15)19-14(16)17/h3-6,13,18H,2,7-10H2,1H3,(H4,16,17,19). The summed E-state index contributed by atoms with van der Waals surface area (Å²) in [7, 11) is 0. The fraction of sp³-hybridized carbons (Fsp3) is 0.500. The van der Waals surface area contributed by atoms with Gasteiger partial charge in [-0.25, -0.2) is 4.39 Å². The van der Waals surface area contributed by atoms with Crippen molar-refractivity contribution in [2.24, 2.45) is 5.73 Å². The van der Waals surface area contributed by atoms with E-state index in [9.17, 15) is 4.39 Å². The molecule has 1 aromatic carbocycles. The Kier molecular flexibility index (Phi) is 6.89. The Hall–Kier alpha value is -1.62. The summed E-state index contributed by atoms with van der Waals surface area (Å²) >= 11 is 0. The molecule has 0 saturated heterocycles. The summed E-state index contributed by atoms with van der Waals surface area (Å²) in [5.41, 5.74) is 7.72. The van der Waals surface area contributed by atoms with E-state index in [1.165, 1.54) is 11.1 Å². The number of nitrogens with one attached hydrogen (secondary N) is 3. The Morgan fingerprint density at radius 1 is 1.32 bits per heavy atom. The van der Waals surface area contributed by atoms with E-state index in [2.05, 4.69) is 41.8 Å². The Morgan fingerprint density at radius 2 is 1.95 bits per heavy atom. The van der Waals surface area contributed by atoms with E-state index in [4.69, 9.17) is 11.1 Å². The summed E-state index contributed by atoms with van der Waals surface area (Å²) in [6.07, 6.45) is 1.64. The van der Waals surface area contributed by atoms with Gasteiger partial charge in [-0.1, -0.05) is 31.2 Å². The van der Waals surface area contributed by atoms with E-state index in [1.54, 1.807) is 0 Å². The average molecular weight is 266 g/mol.